The van der Waals surface area contributed by atoms with Crippen molar-refractivity contribution in [3.8, 4) is 11.5 Å². The molecular formula is C24H31NO4. The van der Waals surface area contributed by atoms with E-state index in [1.54, 1.807) is 7.11 Å². The second-order valence-corrected chi connectivity index (χ2v) is 7.80. The van der Waals surface area contributed by atoms with Gasteiger partial charge in [-0.05, 0) is 74.2 Å². The van der Waals surface area contributed by atoms with Crippen molar-refractivity contribution in [2.24, 2.45) is 5.92 Å². The molecule has 1 atom stereocenters. The number of aryl methyl sites for hydroxylation is 2. The average molecular weight is 398 g/mol. The Labute approximate surface area is 173 Å². The molecule has 2 aromatic carbocycles. The van der Waals surface area contributed by atoms with Crippen molar-refractivity contribution < 1.29 is 19.4 Å². The number of carbonyl (C=O) groups is 1. The fraction of sp³-hybridized carbons (Fsp3) is 0.458. The molecule has 0 radical (unpaired) electrons. The Morgan fingerprint density at radius 1 is 1.21 bits per heavy atom. The van der Waals surface area contributed by atoms with Gasteiger partial charge in [-0.15, -0.1) is 0 Å². The molecule has 1 N–H and O–H groups in total. The van der Waals surface area contributed by atoms with Gasteiger partial charge >= 0.3 is 0 Å². The van der Waals surface area contributed by atoms with Gasteiger partial charge in [-0.3, -0.25) is 9.69 Å². The van der Waals surface area contributed by atoms with Crippen LogP contribution in [0.25, 0.3) is 0 Å². The van der Waals surface area contributed by atoms with Crippen LogP contribution in [-0.4, -0.2) is 49.2 Å². The van der Waals surface area contributed by atoms with E-state index in [0.29, 0.717) is 6.61 Å². The number of likely N-dealkylation sites (tertiary alicyclic amines) is 1. The Morgan fingerprint density at radius 3 is 2.66 bits per heavy atom. The summed E-state index contributed by atoms with van der Waals surface area (Å²) in [6.45, 7) is 6.83. The Bertz CT molecular complexity index is 826. The number of aliphatic hydroxyl groups is 1. The molecule has 0 aromatic heterocycles. The largest absolute Gasteiger partial charge is 0.496 e. The molecule has 1 heterocycles. The predicted octanol–water partition coefficient (Wildman–Crippen LogP) is 3.78. The molecule has 5 nitrogen and oxygen atoms in total. The number of methoxy groups -OCH3 is 1. The van der Waals surface area contributed by atoms with Gasteiger partial charge in [-0.2, -0.15) is 0 Å². The van der Waals surface area contributed by atoms with E-state index in [1.165, 1.54) is 0 Å². The van der Waals surface area contributed by atoms with Crippen LogP contribution in [0.2, 0.25) is 0 Å². The van der Waals surface area contributed by atoms with Crippen LogP contribution in [0.3, 0.4) is 0 Å². The predicted molar refractivity (Wildman–Crippen MR) is 114 cm³/mol. The average Bonchev–Trinajstić information content (AvgIpc) is 2.72. The van der Waals surface area contributed by atoms with E-state index in [2.05, 4.69) is 11.0 Å². The number of nitrogens with zero attached hydrogens (tertiary/aromatic N) is 1. The summed E-state index contributed by atoms with van der Waals surface area (Å²) in [4.78, 5) is 15.5. The third-order valence-corrected chi connectivity index (χ3v) is 5.49. The molecule has 0 spiro atoms. The van der Waals surface area contributed by atoms with Crippen LogP contribution in [0.4, 0.5) is 0 Å². The number of benzene rings is 2. The van der Waals surface area contributed by atoms with Gasteiger partial charge in [-0.1, -0.05) is 12.1 Å². The molecule has 0 saturated carbocycles. The van der Waals surface area contributed by atoms with Crippen LogP contribution < -0.4 is 9.47 Å². The lowest BCUT2D eigenvalue weighted by molar-refractivity contribution is 0.0811. The van der Waals surface area contributed by atoms with Crippen LogP contribution >= 0.6 is 0 Å². The molecule has 156 valence electrons. The molecule has 29 heavy (non-hydrogen) atoms. The van der Waals surface area contributed by atoms with Crippen molar-refractivity contribution >= 4 is 5.78 Å². The van der Waals surface area contributed by atoms with Gasteiger partial charge < -0.3 is 14.6 Å². The molecule has 1 saturated heterocycles. The summed E-state index contributed by atoms with van der Waals surface area (Å²) >= 11 is 0. The van der Waals surface area contributed by atoms with E-state index in [-0.39, 0.29) is 18.3 Å². The van der Waals surface area contributed by atoms with Gasteiger partial charge in [-0.25, -0.2) is 0 Å². The van der Waals surface area contributed by atoms with Gasteiger partial charge in [0.1, 0.15) is 18.1 Å². The van der Waals surface area contributed by atoms with E-state index in [4.69, 9.17) is 14.6 Å². The topological polar surface area (TPSA) is 59.0 Å². The summed E-state index contributed by atoms with van der Waals surface area (Å²) in [6, 6.07) is 11.9. The lowest BCUT2D eigenvalue weighted by atomic mass is 9.88. The molecule has 3 rings (SSSR count). The molecule has 1 fully saturated rings. The minimum Gasteiger partial charge on any atom is -0.496 e. The molecule has 1 aliphatic rings. The van der Waals surface area contributed by atoms with Crippen LogP contribution in [-0.2, 0) is 6.54 Å². The third-order valence-electron chi connectivity index (χ3n) is 5.49. The SMILES string of the molecule is COc1c(C)cc(C(=O)[C@H]2CCCN(Cc3cccc(OCCO)c3)C2)cc1C. The first-order valence-corrected chi connectivity index (χ1v) is 10.3. The first-order valence-electron chi connectivity index (χ1n) is 10.3. The highest BCUT2D eigenvalue weighted by atomic mass is 16.5. The molecule has 0 aliphatic carbocycles. The number of ketones is 1. The summed E-state index contributed by atoms with van der Waals surface area (Å²) in [5.41, 5.74) is 3.95. The molecule has 1 aliphatic heterocycles. The highest BCUT2D eigenvalue weighted by Crippen LogP contribution is 2.28. The first-order chi connectivity index (χ1) is 14.0. The smallest absolute Gasteiger partial charge is 0.167 e. The van der Waals surface area contributed by atoms with Crippen LogP contribution in [0.1, 0.15) is 39.9 Å². The highest BCUT2D eigenvalue weighted by Gasteiger charge is 2.27. The van der Waals surface area contributed by atoms with Crippen molar-refractivity contribution in [3.05, 3.63) is 58.7 Å². The van der Waals surface area contributed by atoms with E-state index in [0.717, 1.165) is 66.2 Å². The monoisotopic (exact) mass is 397 g/mol. The van der Waals surface area contributed by atoms with Gasteiger partial charge in [0.05, 0.1) is 13.7 Å². The van der Waals surface area contributed by atoms with E-state index in [9.17, 15) is 4.79 Å². The molecule has 0 unspecified atom stereocenters. The number of hydrogen-bond donors (Lipinski definition) is 1. The van der Waals surface area contributed by atoms with Gasteiger partial charge in [0.15, 0.2) is 5.78 Å². The molecule has 0 amide bonds. The lowest BCUT2D eigenvalue weighted by Gasteiger charge is -2.32. The summed E-state index contributed by atoms with van der Waals surface area (Å²) in [7, 11) is 1.67. The molecule has 0 bridgehead atoms. The van der Waals surface area contributed by atoms with Gasteiger partial charge in [0, 0.05) is 24.6 Å². The fourth-order valence-electron chi connectivity index (χ4n) is 4.22. The number of piperidine rings is 1. The quantitative estimate of drug-likeness (QED) is 0.687. The third kappa shape index (κ3) is 5.37. The number of rotatable bonds is 8. The van der Waals surface area contributed by atoms with E-state index < -0.39 is 0 Å². The summed E-state index contributed by atoms with van der Waals surface area (Å²) in [5.74, 6) is 1.87. The first kappa shape index (κ1) is 21.3. The van der Waals surface area contributed by atoms with Gasteiger partial charge in [0.2, 0.25) is 0 Å². The van der Waals surface area contributed by atoms with Crippen LogP contribution in [0.15, 0.2) is 36.4 Å². The van der Waals surface area contributed by atoms with Crippen molar-refractivity contribution in [1.29, 1.82) is 0 Å². The normalized spacial score (nSPS) is 17.2. The minimum absolute atomic E-state index is 0.00442. The number of Topliss-reactive ketones (excluding diaryl/α,β-unsaturated/α-hetero) is 1. The summed E-state index contributed by atoms with van der Waals surface area (Å²) in [5, 5.41) is 8.92. The van der Waals surface area contributed by atoms with Crippen molar-refractivity contribution in [1.82, 2.24) is 4.90 Å². The zero-order chi connectivity index (χ0) is 20.8. The highest BCUT2D eigenvalue weighted by molar-refractivity contribution is 5.98. The van der Waals surface area contributed by atoms with E-state index >= 15 is 0 Å². The Balaban J connectivity index is 1.67. The standard InChI is InChI=1S/C24H31NO4/c1-17-12-21(13-18(2)24(17)28-3)23(27)20-7-5-9-25(16-20)15-19-6-4-8-22(14-19)29-11-10-26/h4,6,8,12-14,20,26H,5,7,9-11,15-16H2,1-3H3/t20-/m0/s1. The Morgan fingerprint density at radius 2 is 1.97 bits per heavy atom. The maximum absolute atomic E-state index is 13.2. The fourth-order valence-corrected chi connectivity index (χ4v) is 4.22. The van der Waals surface area contributed by atoms with Crippen molar-refractivity contribution in [3.63, 3.8) is 0 Å². The second kappa shape index (κ2) is 9.90. The summed E-state index contributed by atoms with van der Waals surface area (Å²) in [6.07, 6.45) is 1.95. The van der Waals surface area contributed by atoms with Crippen molar-refractivity contribution in [2.75, 3.05) is 33.4 Å². The zero-order valence-corrected chi connectivity index (χ0v) is 17.6. The number of carbonyl (C=O) groups excluding carboxylic acids is 1. The van der Waals surface area contributed by atoms with E-state index in [1.807, 2.05) is 44.2 Å². The minimum atomic E-state index is 0.00442. The Hall–Kier alpha value is -2.37. The Kier molecular flexibility index (Phi) is 7.29. The number of hydrogen-bond acceptors (Lipinski definition) is 5. The lowest BCUT2D eigenvalue weighted by Crippen LogP contribution is -2.38. The molecule has 5 heteroatoms. The number of aliphatic hydroxyl groups excluding tert-OH is 1. The maximum atomic E-state index is 13.2. The van der Waals surface area contributed by atoms with Crippen molar-refractivity contribution in [2.45, 2.75) is 33.2 Å². The van der Waals surface area contributed by atoms with Gasteiger partial charge in [0.25, 0.3) is 0 Å². The second-order valence-electron chi connectivity index (χ2n) is 7.80. The zero-order valence-electron chi connectivity index (χ0n) is 17.6. The number of ether oxygens (including phenoxy) is 2. The van der Waals surface area contributed by atoms with Crippen LogP contribution in [0.5, 0.6) is 11.5 Å². The molecule has 2 aromatic rings. The summed E-state index contributed by atoms with van der Waals surface area (Å²) < 4.78 is 10.9. The molecular weight excluding hydrogens is 366 g/mol. The maximum Gasteiger partial charge on any atom is 0.167 e. The van der Waals surface area contributed by atoms with Crippen LogP contribution in [0, 0.1) is 19.8 Å².